The summed E-state index contributed by atoms with van der Waals surface area (Å²) in [5, 5.41) is 10.9. The van der Waals surface area contributed by atoms with Crippen LogP contribution < -0.4 is 0 Å². The topological polar surface area (TPSA) is 60.2 Å². The Morgan fingerprint density at radius 1 is 1.19 bits per heavy atom. The van der Waals surface area contributed by atoms with E-state index in [0.717, 1.165) is 10.0 Å². The van der Waals surface area contributed by atoms with Crippen molar-refractivity contribution < 1.29 is 9.72 Å². The lowest BCUT2D eigenvalue weighted by Gasteiger charge is -2.00. The Morgan fingerprint density at radius 2 is 1.86 bits per heavy atom. The van der Waals surface area contributed by atoms with Gasteiger partial charge in [0.2, 0.25) is 0 Å². The molecule has 0 saturated carbocycles. The number of hydrogen-bond donors (Lipinski definition) is 0. The summed E-state index contributed by atoms with van der Waals surface area (Å²) in [4.78, 5) is 22.5. The molecule has 0 aliphatic heterocycles. The minimum Gasteiger partial charge on any atom is -0.289 e. The van der Waals surface area contributed by atoms with Crippen LogP contribution >= 0.6 is 15.9 Å². The number of nitro groups is 1. The van der Waals surface area contributed by atoms with Crippen molar-refractivity contribution >= 4 is 33.5 Å². The summed E-state index contributed by atoms with van der Waals surface area (Å²) in [6, 6.07) is 12.0. The van der Waals surface area contributed by atoms with Crippen molar-refractivity contribution in [1.29, 1.82) is 0 Å². The zero-order valence-electron chi connectivity index (χ0n) is 11.2. The number of aryl methyl sites for hydroxylation is 1. The number of benzene rings is 2. The third kappa shape index (κ3) is 3.86. The average Bonchev–Trinajstić information content (AvgIpc) is 2.46. The number of ketones is 1. The molecule has 2 rings (SSSR count). The van der Waals surface area contributed by atoms with Crippen LogP contribution in [-0.4, -0.2) is 10.7 Å². The number of rotatable bonds is 4. The maximum atomic E-state index is 12.1. The first-order valence-electron chi connectivity index (χ1n) is 6.20. The molecule has 4 nitrogen and oxygen atoms in total. The highest BCUT2D eigenvalue weighted by molar-refractivity contribution is 9.10. The van der Waals surface area contributed by atoms with Crippen LogP contribution in [0.5, 0.6) is 0 Å². The van der Waals surface area contributed by atoms with Crippen LogP contribution in [0.3, 0.4) is 0 Å². The minimum absolute atomic E-state index is 0.0436. The van der Waals surface area contributed by atoms with Crippen molar-refractivity contribution in [2.75, 3.05) is 0 Å². The monoisotopic (exact) mass is 345 g/mol. The molecular formula is C16H12BrNO3. The third-order valence-corrected chi connectivity index (χ3v) is 3.52. The molecule has 0 aliphatic carbocycles. The predicted octanol–water partition coefficient (Wildman–Crippen LogP) is 4.56. The first-order valence-corrected chi connectivity index (χ1v) is 6.99. The lowest BCUT2D eigenvalue weighted by atomic mass is 10.1. The number of nitro benzene ring substituents is 1. The van der Waals surface area contributed by atoms with Gasteiger partial charge in [0.25, 0.3) is 5.69 Å². The van der Waals surface area contributed by atoms with Gasteiger partial charge in [-0.1, -0.05) is 46.3 Å². The average molecular weight is 346 g/mol. The summed E-state index contributed by atoms with van der Waals surface area (Å²) in [5.74, 6) is -0.263. The van der Waals surface area contributed by atoms with Gasteiger partial charge in [-0.25, -0.2) is 0 Å². The van der Waals surface area contributed by atoms with E-state index in [2.05, 4.69) is 15.9 Å². The van der Waals surface area contributed by atoms with E-state index in [0.29, 0.717) is 11.1 Å². The van der Waals surface area contributed by atoms with Crippen molar-refractivity contribution in [2.24, 2.45) is 0 Å². The Morgan fingerprint density at radius 3 is 2.48 bits per heavy atom. The van der Waals surface area contributed by atoms with Gasteiger partial charge in [0.05, 0.1) is 4.92 Å². The third-order valence-electron chi connectivity index (χ3n) is 2.99. The molecule has 106 valence electrons. The van der Waals surface area contributed by atoms with Gasteiger partial charge in [0, 0.05) is 21.7 Å². The molecule has 0 spiro atoms. The van der Waals surface area contributed by atoms with E-state index in [1.165, 1.54) is 12.1 Å². The molecule has 0 atom stereocenters. The Hall–Kier alpha value is -2.27. The molecule has 0 saturated heterocycles. The number of allylic oxidation sites excluding steroid dienone is 1. The molecule has 0 aliphatic rings. The first kappa shape index (κ1) is 15.1. The molecule has 0 radical (unpaired) electrons. The summed E-state index contributed by atoms with van der Waals surface area (Å²) < 4.78 is 0.958. The van der Waals surface area contributed by atoms with Gasteiger partial charge in [-0.3, -0.25) is 14.9 Å². The Bertz CT molecular complexity index is 721. The molecule has 2 aromatic rings. The van der Waals surface area contributed by atoms with Gasteiger partial charge in [-0.2, -0.15) is 0 Å². The van der Waals surface area contributed by atoms with E-state index in [4.69, 9.17) is 0 Å². The lowest BCUT2D eigenvalue weighted by molar-refractivity contribution is -0.385. The summed E-state index contributed by atoms with van der Waals surface area (Å²) >= 11 is 3.34. The van der Waals surface area contributed by atoms with E-state index in [1.807, 2.05) is 24.3 Å². The highest BCUT2D eigenvalue weighted by atomic mass is 79.9. The maximum Gasteiger partial charge on any atom is 0.273 e. The fraction of sp³-hybridized carbons (Fsp3) is 0.0625. The lowest BCUT2D eigenvalue weighted by Crippen LogP contribution is -1.98. The quantitative estimate of drug-likeness (QED) is 0.353. The van der Waals surface area contributed by atoms with Gasteiger partial charge < -0.3 is 0 Å². The highest BCUT2D eigenvalue weighted by Gasteiger charge is 2.13. The maximum absolute atomic E-state index is 12.1. The Balaban J connectivity index is 2.22. The predicted molar refractivity (Wildman–Crippen MR) is 85.3 cm³/mol. The zero-order chi connectivity index (χ0) is 15.4. The highest BCUT2D eigenvalue weighted by Crippen LogP contribution is 2.20. The second-order valence-corrected chi connectivity index (χ2v) is 5.42. The fourth-order valence-electron chi connectivity index (χ4n) is 1.80. The normalized spacial score (nSPS) is 10.8. The number of halogens is 1. The molecular weight excluding hydrogens is 334 g/mol. The minimum atomic E-state index is -0.482. The van der Waals surface area contributed by atoms with Gasteiger partial charge in [0.15, 0.2) is 5.78 Å². The summed E-state index contributed by atoms with van der Waals surface area (Å²) in [5.41, 5.74) is 1.68. The molecule has 0 amide bonds. The molecule has 0 N–H and O–H groups in total. The Labute approximate surface area is 130 Å². The number of hydrogen-bond acceptors (Lipinski definition) is 3. The van der Waals surface area contributed by atoms with Crippen LogP contribution in [0.2, 0.25) is 0 Å². The molecule has 0 unspecified atom stereocenters. The Kier molecular flexibility index (Phi) is 4.65. The molecule has 5 heteroatoms. The molecule has 0 fully saturated rings. The second-order valence-electron chi connectivity index (χ2n) is 4.51. The van der Waals surface area contributed by atoms with E-state index in [-0.39, 0.29) is 11.5 Å². The van der Waals surface area contributed by atoms with Crippen molar-refractivity contribution in [2.45, 2.75) is 6.92 Å². The summed E-state index contributed by atoms with van der Waals surface area (Å²) in [6.07, 6.45) is 3.10. The van der Waals surface area contributed by atoms with E-state index in [1.54, 1.807) is 25.1 Å². The van der Waals surface area contributed by atoms with E-state index in [9.17, 15) is 14.9 Å². The number of carbonyl (C=O) groups excluding carboxylic acids is 1. The van der Waals surface area contributed by atoms with Crippen LogP contribution in [-0.2, 0) is 0 Å². The molecule has 0 heterocycles. The van der Waals surface area contributed by atoms with Gasteiger partial charge in [-0.05, 0) is 30.7 Å². The van der Waals surface area contributed by atoms with Gasteiger partial charge in [0.1, 0.15) is 0 Å². The van der Waals surface area contributed by atoms with Crippen LogP contribution in [0.15, 0.2) is 53.0 Å². The van der Waals surface area contributed by atoms with Crippen molar-refractivity contribution in [3.63, 3.8) is 0 Å². The summed E-state index contributed by atoms with van der Waals surface area (Å²) in [6.45, 7) is 1.64. The molecule has 21 heavy (non-hydrogen) atoms. The van der Waals surface area contributed by atoms with E-state index >= 15 is 0 Å². The zero-order valence-corrected chi connectivity index (χ0v) is 12.8. The fourth-order valence-corrected chi connectivity index (χ4v) is 2.07. The van der Waals surface area contributed by atoms with Crippen molar-refractivity contribution in [1.82, 2.24) is 0 Å². The number of nitrogens with zero attached hydrogens (tertiary/aromatic N) is 1. The van der Waals surface area contributed by atoms with Crippen LogP contribution in [0.4, 0.5) is 5.69 Å². The van der Waals surface area contributed by atoms with Crippen LogP contribution in [0.25, 0.3) is 6.08 Å². The molecule has 0 bridgehead atoms. The number of carbonyl (C=O) groups is 1. The van der Waals surface area contributed by atoms with Crippen LogP contribution in [0.1, 0.15) is 21.5 Å². The van der Waals surface area contributed by atoms with Crippen molar-refractivity contribution in [3.8, 4) is 0 Å². The second kappa shape index (κ2) is 6.45. The first-order chi connectivity index (χ1) is 9.97. The van der Waals surface area contributed by atoms with Crippen LogP contribution in [0, 0.1) is 17.0 Å². The largest absolute Gasteiger partial charge is 0.289 e. The molecule has 2 aromatic carbocycles. The van der Waals surface area contributed by atoms with E-state index < -0.39 is 4.92 Å². The molecule has 0 aromatic heterocycles. The van der Waals surface area contributed by atoms with Gasteiger partial charge in [-0.15, -0.1) is 0 Å². The SMILES string of the molecule is Cc1ccc(C(=O)C=Cc2ccc(Br)cc2)cc1[N+](=O)[O-]. The smallest absolute Gasteiger partial charge is 0.273 e. The standard InChI is InChI=1S/C16H12BrNO3/c1-11-2-6-13(10-15(11)18(20)21)16(19)9-5-12-3-7-14(17)8-4-12/h2-10H,1H3. The van der Waals surface area contributed by atoms with Gasteiger partial charge >= 0.3 is 0 Å². The summed E-state index contributed by atoms with van der Waals surface area (Å²) in [7, 11) is 0. The van der Waals surface area contributed by atoms with Crippen molar-refractivity contribution in [3.05, 3.63) is 79.8 Å².